The summed E-state index contributed by atoms with van der Waals surface area (Å²) < 4.78 is 0. The fourth-order valence-electron chi connectivity index (χ4n) is 3.23. The number of pyridine rings is 2. The van der Waals surface area contributed by atoms with Crippen molar-refractivity contribution in [3.63, 3.8) is 0 Å². The Balaban J connectivity index is 1.82. The number of hydrogen-bond acceptors (Lipinski definition) is 7. The summed E-state index contributed by atoms with van der Waals surface area (Å²) in [6.07, 6.45) is 3.36. The molecule has 0 saturated carbocycles. The maximum absolute atomic E-state index is 12.8. The molecular formula is C22H18N6OS. The molecule has 0 fully saturated rings. The standard InChI is InChI=1S/C22H18N6OS/c1-12-4-6-14(7-5-12)16-15(9-23)20(25)28-22-17(16)18(24)19(30-22)21(29)27-11-13-3-2-8-26-10-13/h2-8,10H,11,24H2,1H3,(H2,25,28)(H,27,29). The van der Waals surface area contributed by atoms with Gasteiger partial charge in [-0.15, -0.1) is 11.3 Å². The highest BCUT2D eigenvalue weighted by molar-refractivity contribution is 7.21. The van der Waals surface area contributed by atoms with E-state index >= 15 is 0 Å². The predicted octanol–water partition coefficient (Wildman–Crippen LogP) is 3.63. The Kier molecular flexibility index (Phi) is 5.04. The quantitative estimate of drug-likeness (QED) is 0.467. The number of carbonyl (C=O) groups excluding carboxylic acids is 1. The topological polar surface area (TPSA) is 131 Å². The molecule has 148 valence electrons. The Morgan fingerprint density at radius 3 is 2.67 bits per heavy atom. The number of nitrogens with one attached hydrogen (secondary N) is 1. The van der Waals surface area contributed by atoms with Crippen molar-refractivity contribution >= 4 is 39.0 Å². The van der Waals surface area contributed by atoms with Gasteiger partial charge in [0.1, 0.15) is 27.2 Å². The van der Waals surface area contributed by atoms with E-state index in [9.17, 15) is 10.1 Å². The number of thiophene rings is 1. The van der Waals surface area contributed by atoms with E-state index in [1.54, 1.807) is 18.5 Å². The third-order valence-corrected chi connectivity index (χ3v) is 5.84. The molecular weight excluding hydrogens is 396 g/mol. The molecule has 0 aliphatic rings. The normalized spacial score (nSPS) is 10.7. The minimum Gasteiger partial charge on any atom is -0.397 e. The van der Waals surface area contributed by atoms with Gasteiger partial charge in [-0.05, 0) is 24.1 Å². The predicted molar refractivity (Wildman–Crippen MR) is 119 cm³/mol. The van der Waals surface area contributed by atoms with Gasteiger partial charge in [0.15, 0.2) is 0 Å². The molecule has 5 N–H and O–H groups in total. The van der Waals surface area contributed by atoms with Crippen molar-refractivity contribution in [2.24, 2.45) is 0 Å². The Bertz CT molecular complexity index is 1290. The van der Waals surface area contributed by atoms with E-state index in [4.69, 9.17) is 11.5 Å². The summed E-state index contributed by atoms with van der Waals surface area (Å²) in [5.74, 6) is -0.199. The van der Waals surface area contributed by atoms with Crippen molar-refractivity contribution in [1.82, 2.24) is 15.3 Å². The molecule has 30 heavy (non-hydrogen) atoms. The first-order valence-corrected chi connectivity index (χ1v) is 9.97. The van der Waals surface area contributed by atoms with Crippen LogP contribution in [0.3, 0.4) is 0 Å². The SMILES string of the molecule is Cc1ccc(-c2c(C#N)c(N)nc3sc(C(=O)NCc4cccnc4)c(N)c23)cc1. The third-order valence-electron chi connectivity index (χ3n) is 4.74. The summed E-state index contributed by atoms with van der Waals surface area (Å²) in [5.41, 5.74) is 16.4. The highest BCUT2D eigenvalue weighted by Crippen LogP contribution is 2.42. The molecule has 0 aliphatic carbocycles. The highest BCUT2D eigenvalue weighted by atomic mass is 32.1. The number of aromatic nitrogens is 2. The molecule has 0 radical (unpaired) electrons. The summed E-state index contributed by atoms with van der Waals surface area (Å²) in [7, 11) is 0. The van der Waals surface area contributed by atoms with E-state index in [0.717, 1.165) is 28.0 Å². The lowest BCUT2D eigenvalue weighted by Gasteiger charge is -2.10. The van der Waals surface area contributed by atoms with E-state index in [-0.39, 0.29) is 17.3 Å². The lowest BCUT2D eigenvalue weighted by Crippen LogP contribution is -2.22. The van der Waals surface area contributed by atoms with Gasteiger partial charge in [-0.25, -0.2) is 4.98 Å². The second-order valence-corrected chi connectivity index (χ2v) is 7.79. The number of nitriles is 1. The van der Waals surface area contributed by atoms with E-state index < -0.39 is 0 Å². The van der Waals surface area contributed by atoms with Gasteiger partial charge in [0.25, 0.3) is 5.91 Å². The van der Waals surface area contributed by atoms with Crippen LogP contribution < -0.4 is 16.8 Å². The second-order valence-electron chi connectivity index (χ2n) is 6.79. The minimum absolute atomic E-state index is 0.115. The lowest BCUT2D eigenvalue weighted by molar-refractivity contribution is 0.0956. The largest absolute Gasteiger partial charge is 0.397 e. The van der Waals surface area contributed by atoms with Crippen LogP contribution in [0.15, 0.2) is 48.8 Å². The van der Waals surface area contributed by atoms with Gasteiger partial charge >= 0.3 is 0 Å². The molecule has 8 heteroatoms. The van der Waals surface area contributed by atoms with Crippen molar-refractivity contribution < 1.29 is 4.79 Å². The first kappa shape index (κ1) is 19.4. The molecule has 1 aromatic carbocycles. The van der Waals surface area contributed by atoms with Crippen LogP contribution in [0.25, 0.3) is 21.3 Å². The number of nitrogens with two attached hydrogens (primary N) is 2. The van der Waals surface area contributed by atoms with Crippen molar-refractivity contribution in [2.75, 3.05) is 11.5 Å². The van der Waals surface area contributed by atoms with Crippen LogP contribution in [0, 0.1) is 18.3 Å². The van der Waals surface area contributed by atoms with Crippen molar-refractivity contribution in [2.45, 2.75) is 13.5 Å². The van der Waals surface area contributed by atoms with E-state index in [1.807, 2.05) is 37.3 Å². The fourth-order valence-corrected chi connectivity index (χ4v) is 4.25. The first-order valence-electron chi connectivity index (χ1n) is 9.15. The second kappa shape index (κ2) is 7.81. The molecule has 3 aromatic heterocycles. The Labute approximate surface area is 177 Å². The monoisotopic (exact) mass is 414 g/mol. The van der Waals surface area contributed by atoms with Gasteiger partial charge in [0.2, 0.25) is 0 Å². The van der Waals surface area contributed by atoms with Crippen LogP contribution in [-0.4, -0.2) is 15.9 Å². The summed E-state index contributed by atoms with van der Waals surface area (Å²) in [5, 5.41) is 13.1. The number of anilines is 2. The van der Waals surface area contributed by atoms with Crippen LogP contribution in [0.5, 0.6) is 0 Å². The first-order chi connectivity index (χ1) is 14.5. The van der Waals surface area contributed by atoms with Crippen LogP contribution in [-0.2, 0) is 6.54 Å². The number of fused-ring (bicyclic) bond motifs is 1. The Morgan fingerprint density at radius 1 is 1.23 bits per heavy atom. The smallest absolute Gasteiger partial charge is 0.263 e. The van der Waals surface area contributed by atoms with Crippen LogP contribution in [0.1, 0.15) is 26.4 Å². The fraction of sp³-hybridized carbons (Fsp3) is 0.0909. The molecule has 0 atom stereocenters. The number of carbonyl (C=O) groups is 1. The number of amides is 1. The van der Waals surface area contributed by atoms with Crippen LogP contribution in [0.4, 0.5) is 11.5 Å². The molecule has 0 unspecified atom stereocenters. The molecule has 0 aliphatic heterocycles. The van der Waals surface area contributed by atoms with E-state index in [2.05, 4.69) is 21.4 Å². The molecule has 7 nitrogen and oxygen atoms in total. The van der Waals surface area contributed by atoms with E-state index in [1.165, 1.54) is 0 Å². The zero-order valence-corrected chi connectivity index (χ0v) is 17.0. The maximum atomic E-state index is 12.8. The lowest BCUT2D eigenvalue weighted by atomic mass is 9.96. The summed E-state index contributed by atoms with van der Waals surface area (Å²) >= 11 is 1.16. The summed E-state index contributed by atoms with van der Waals surface area (Å²) in [4.78, 5) is 22.0. The number of rotatable bonds is 4. The molecule has 4 aromatic rings. The number of aryl methyl sites for hydroxylation is 1. The number of benzene rings is 1. The Morgan fingerprint density at radius 2 is 2.00 bits per heavy atom. The third kappa shape index (κ3) is 3.43. The molecule has 4 rings (SSSR count). The van der Waals surface area contributed by atoms with Gasteiger partial charge in [-0.1, -0.05) is 35.9 Å². The molecule has 0 spiro atoms. The van der Waals surface area contributed by atoms with Crippen LogP contribution in [0.2, 0.25) is 0 Å². The van der Waals surface area contributed by atoms with Gasteiger partial charge < -0.3 is 16.8 Å². The van der Waals surface area contributed by atoms with Crippen molar-refractivity contribution in [1.29, 1.82) is 5.26 Å². The maximum Gasteiger partial charge on any atom is 0.263 e. The average Bonchev–Trinajstić information content (AvgIpc) is 3.08. The molecule has 0 saturated heterocycles. The van der Waals surface area contributed by atoms with Gasteiger partial charge in [0, 0.05) is 29.9 Å². The number of hydrogen-bond donors (Lipinski definition) is 3. The zero-order chi connectivity index (χ0) is 21.3. The van der Waals surface area contributed by atoms with Crippen molar-refractivity contribution in [3.8, 4) is 17.2 Å². The Hall–Kier alpha value is -3.96. The minimum atomic E-state index is -0.314. The van der Waals surface area contributed by atoms with Gasteiger partial charge in [-0.3, -0.25) is 9.78 Å². The van der Waals surface area contributed by atoms with Crippen LogP contribution >= 0.6 is 11.3 Å². The highest BCUT2D eigenvalue weighted by Gasteiger charge is 2.24. The molecule has 1 amide bonds. The summed E-state index contributed by atoms with van der Waals surface area (Å²) in [6, 6.07) is 13.5. The number of nitrogens with zero attached hydrogens (tertiary/aromatic N) is 3. The summed E-state index contributed by atoms with van der Waals surface area (Å²) in [6.45, 7) is 2.30. The van der Waals surface area contributed by atoms with Gasteiger partial charge in [0.05, 0.1) is 5.69 Å². The average molecular weight is 414 g/mol. The van der Waals surface area contributed by atoms with Crippen molar-refractivity contribution in [3.05, 3.63) is 70.4 Å². The number of nitrogen functional groups attached to an aromatic ring is 2. The molecule has 3 heterocycles. The molecule has 0 bridgehead atoms. The van der Waals surface area contributed by atoms with Gasteiger partial charge in [-0.2, -0.15) is 5.26 Å². The van der Waals surface area contributed by atoms with E-state index in [0.29, 0.717) is 32.9 Å². The zero-order valence-electron chi connectivity index (χ0n) is 16.1.